The van der Waals surface area contributed by atoms with E-state index in [0.29, 0.717) is 11.3 Å². The number of alkyl halides is 2. The monoisotopic (exact) mass is 399 g/mol. The van der Waals surface area contributed by atoms with Gasteiger partial charge in [0.05, 0.1) is 10.3 Å². The highest BCUT2D eigenvalue weighted by molar-refractivity contribution is 7.92. The predicted molar refractivity (Wildman–Crippen MR) is 95.4 cm³/mol. The third-order valence-corrected chi connectivity index (χ3v) is 6.76. The largest absolute Gasteiger partial charge is 0.351 e. The number of amides is 1. The van der Waals surface area contributed by atoms with Crippen LogP contribution in [-0.2, 0) is 20.0 Å². The number of hydrogen-bond acceptors (Lipinski definition) is 3. The maximum absolute atomic E-state index is 14.9. The van der Waals surface area contributed by atoms with E-state index in [2.05, 4.69) is 0 Å². The van der Waals surface area contributed by atoms with Crippen LogP contribution in [0.15, 0.2) is 53.4 Å². The van der Waals surface area contributed by atoms with Gasteiger partial charge < -0.3 is 4.90 Å². The minimum Gasteiger partial charge on any atom is -0.314 e. The summed E-state index contributed by atoms with van der Waals surface area (Å²) in [7, 11) is -3.49. The minimum absolute atomic E-state index is 0.285. The van der Waals surface area contributed by atoms with Crippen LogP contribution in [0.3, 0.4) is 0 Å². The maximum atomic E-state index is 14.9. The van der Waals surface area contributed by atoms with Crippen LogP contribution in [-0.4, -0.2) is 26.6 Å². The Morgan fingerprint density at radius 1 is 1.15 bits per heavy atom. The number of likely N-dealkylation sites (N-methyl/N-ethyl adjacent to an activating group) is 1. The molecule has 8 heteroatoms. The van der Waals surface area contributed by atoms with Gasteiger partial charge >= 0.3 is 5.25 Å². The topological polar surface area (TPSA) is 54.5 Å². The lowest BCUT2D eigenvalue weighted by molar-refractivity contribution is -0.124. The highest BCUT2D eigenvalue weighted by atomic mass is 35.5. The summed E-state index contributed by atoms with van der Waals surface area (Å²) >= 11 is 5.97. The van der Waals surface area contributed by atoms with Crippen molar-refractivity contribution in [2.75, 3.05) is 11.9 Å². The number of anilines is 1. The molecule has 0 bridgehead atoms. The molecule has 4 nitrogen and oxygen atoms in total. The maximum Gasteiger partial charge on any atom is 0.351 e. The standard InChI is InChI=1S/C18H16ClF2NO3S/c1-17(14-10-12(19)8-9-15(14)22(2)16(17)23)11-18(20,21)26(24,25)13-6-4-3-5-7-13/h3-10H,11H2,1-2H3. The zero-order valence-corrected chi connectivity index (χ0v) is 15.6. The second-order valence-electron chi connectivity index (χ2n) is 6.49. The van der Waals surface area contributed by atoms with Crippen molar-refractivity contribution in [3.63, 3.8) is 0 Å². The van der Waals surface area contributed by atoms with Crippen molar-refractivity contribution in [1.82, 2.24) is 0 Å². The zero-order chi connectivity index (χ0) is 19.3. The van der Waals surface area contributed by atoms with E-state index in [1.165, 1.54) is 43.1 Å². The molecule has 0 saturated carbocycles. The van der Waals surface area contributed by atoms with E-state index in [1.807, 2.05) is 0 Å². The molecule has 3 rings (SSSR count). The van der Waals surface area contributed by atoms with Crippen molar-refractivity contribution >= 4 is 33.0 Å². The van der Waals surface area contributed by atoms with Crippen LogP contribution < -0.4 is 4.90 Å². The van der Waals surface area contributed by atoms with Gasteiger partial charge in [0.15, 0.2) is 0 Å². The van der Waals surface area contributed by atoms with Crippen molar-refractivity contribution in [3.05, 3.63) is 59.1 Å². The first kappa shape index (κ1) is 18.8. The van der Waals surface area contributed by atoms with Gasteiger partial charge in [-0.3, -0.25) is 4.79 Å². The predicted octanol–water partition coefficient (Wildman–Crippen LogP) is 4.03. The molecule has 0 aromatic heterocycles. The first-order valence-electron chi connectivity index (χ1n) is 7.76. The summed E-state index contributed by atoms with van der Waals surface area (Å²) in [6.07, 6.45) is -1.17. The number of carbonyl (C=O) groups excluding carboxylic acids is 1. The van der Waals surface area contributed by atoms with E-state index < -0.39 is 37.7 Å². The van der Waals surface area contributed by atoms with Crippen molar-refractivity contribution in [2.24, 2.45) is 0 Å². The van der Waals surface area contributed by atoms with Crippen LogP contribution in [0.1, 0.15) is 18.9 Å². The fraction of sp³-hybridized carbons (Fsp3) is 0.278. The first-order valence-corrected chi connectivity index (χ1v) is 9.62. The molecule has 1 atom stereocenters. The van der Waals surface area contributed by atoms with Crippen LogP contribution in [0.4, 0.5) is 14.5 Å². The van der Waals surface area contributed by atoms with Crippen molar-refractivity contribution in [2.45, 2.75) is 28.9 Å². The van der Waals surface area contributed by atoms with Gasteiger partial charge in [-0.15, -0.1) is 0 Å². The molecule has 1 unspecified atom stereocenters. The van der Waals surface area contributed by atoms with Crippen LogP contribution in [0.2, 0.25) is 5.02 Å². The van der Waals surface area contributed by atoms with Gasteiger partial charge in [-0.1, -0.05) is 29.8 Å². The zero-order valence-electron chi connectivity index (χ0n) is 14.0. The minimum atomic E-state index is -4.95. The molecule has 1 heterocycles. The fourth-order valence-electron chi connectivity index (χ4n) is 3.29. The molecule has 1 aliphatic heterocycles. The molecule has 0 aliphatic carbocycles. The second kappa shape index (κ2) is 6.03. The Morgan fingerprint density at radius 2 is 1.77 bits per heavy atom. The van der Waals surface area contributed by atoms with E-state index in [0.717, 1.165) is 12.1 Å². The molecule has 138 valence electrons. The molecular formula is C18H16ClF2NO3S. The Balaban J connectivity index is 2.08. The molecule has 0 fully saturated rings. The van der Waals surface area contributed by atoms with E-state index in [4.69, 9.17) is 11.6 Å². The molecule has 2 aromatic rings. The smallest absolute Gasteiger partial charge is 0.314 e. The van der Waals surface area contributed by atoms with Gasteiger partial charge in [0, 0.05) is 24.2 Å². The van der Waals surface area contributed by atoms with Crippen LogP contribution in [0, 0.1) is 0 Å². The molecule has 2 aromatic carbocycles. The van der Waals surface area contributed by atoms with Crippen LogP contribution in [0.5, 0.6) is 0 Å². The number of hydrogen-bond donors (Lipinski definition) is 0. The lowest BCUT2D eigenvalue weighted by Gasteiger charge is -2.28. The fourth-order valence-corrected chi connectivity index (χ4v) is 4.80. The lowest BCUT2D eigenvalue weighted by Crippen LogP contribution is -2.43. The third-order valence-electron chi connectivity index (χ3n) is 4.70. The number of nitrogens with zero attached hydrogens (tertiary/aromatic N) is 1. The molecule has 26 heavy (non-hydrogen) atoms. The molecule has 0 radical (unpaired) electrons. The van der Waals surface area contributed by atoms with Gasteiger partial charge in [0.25, 0.3) is 0 Å². The summed E-state index contributed by atoms with van der Waals surface area (Å²) in [5.74, 6) is -0.599. The quantitative estimate of drug-likeness (QED) is 0.780. The second-order valence-corrected chi connectivity index (χ2v) is 9.00. The van der Waals surface area contributed by atoms with Crippen molar-refractivity contribution in [1.29, 1.82) is 0 Å². The van der Waals surface area contributed by atoms with E-state index in [9.17, 15) is 22.0 Å². The van der Waals surface area contributed by atoms with Crippen molar-refractivity contribution < 1.29 is 22.0 Å². The number of sulfone groups is 1. The average molecular weight is 400 g/mol. The Bertz CT molecular complexity index is 979. The number of benzene rings is 2. The summed E-state index contributed by atoms with van der Waals surface area (Å²) in [6, 6.07) is 11.0. The third kappa shape index (κ3) is 2.70. The van der Waals surface area contributed by atoms with Gasteiger partial charge in [-0.25, -0.2) is 8.42 Å². The highest BCUT2D eigenvalue weighted by Gasteiger charge is 2.57. The molecule has 0 N–H and O–H groups in total. The summed E-state index contributed by atoms with van der Waals surface area (Å²) in [4.78, 5) is 13.5. The molecular weight excluding hydrogens is 384 g/mol. The molecule has 0 saturated heterocycles. The van der Waals surface area contributed by atoms with E-state index in [1.54, 1.807) is 12.1 Å². The van der Waals surface area contributed by atoms with E-state index >= 15 is 0 Å². The summed E-state index contributed by atoms with van der Waals surface area (Å²) in [5.41, 5.74) is -0.976. The highest BCUT2D eigenvalue weighted by Crippen LogP contribution is 2.49. The van der Waals surface area contributed by atoms with Gasteiger partial charge in [-0.05, 0) is 42.8 Å². The molecule has 1 amide bonds. The first-order chi connectivity index (χ1) is 12.0. The normalized spacial score (nSPS) is 20.3. The van der Waals surface area contributed by atoms with Crippen LogP contribution in [0.25, 0.3) is 0 Å². The molecule has 1 aliphatic rings. The summed E-state index contributed by atoms with van der Waals surface area (Å²) in [5, 5.41) is -3.85. The number of rotatable bonds is 4. The van der Waals surface area contributed by atoms with Crippen LogP contribution >= 0.6 is 11.6 Å². The Hall–Kier alpha value is -1.99. The Morgan fingerprint density at radius 3 is 2.38 bits per heavy atom. The number of carbonyl (C=O) groups is 1. The SMILES string of the molecule is CN1C(=O)C(C)(CC(F)(F)S(=O)(=O)c2ccccc2)c2cc(Cl)ccc21. The van der Waals surface area contributed by atoms with E-state index in [-0.39, 0.29) is 5.02 Å². The average Bonchev–Trinajstić information content (AvgIpc) is 2.76. The van der Waals surface area contributed by atoms with Gasteiger partial charge in [-0.2, -0.15) is 8.78 Å². The Kier molecular flexibility index (Phi) is 4.36. The van der Waals surface area contributed by atoms with Gasteiger partial charge in [0.2, 0.25) is 15.7 Å². The van der Waals surface area contributed by atoms with Gasteiger partial charge in [0.1, 0.15) is 0 Å². The lowest BCUT2D eigenvalue weighted by atomic mass is 9.80. The summed E-state index contributed by atoms with van der Waals surface area (Å²) in [6.45, 7) is 1.32. The molecule has 0 spiro atoms. The Labute approximate surface area is 155 Å². The van der Waals surface area contributed by atoms with Crippen molar-refractivity contribution in [3.8, 4) is 0 Å². The number of halogens is 3. The number of fused-ring (bicyclic) bond motifs is 1. The summed E-state index contributed by atoms with van der Waals surface area (Å²) < 4.78 is 54.7.